The topological polar surface area (TPSA) is 438 Å². The van der Waals surface area contributed by atoms with Crippen LogP contribution in [-0.2, 0) is 33.6 Å². The molecule has 1 aliphatic heterocycles. The van der Waals surface area contributed by atoms with Crippen LogP contribution in [0.15, 0.2) is 107 Å². The molecule has 5 aromatic rings. The van der Waals surface area contributed by atoms with Crippen LogP contribution in [-0.4, -0.2) is 119 Å². The fraction of sp³-hybridized carbons (Fsp3) is 0.196. The van der Waals surface area contributed by atoms with Gasteiger partial charge >= 0.3 is 11.7 Å². The number of hydrogen-bond acceptors (Lipinski definition) is 19. The molecule has 426 valence electrons. The average molecular weight is 1150 g/mol. The van der Waals surface area contributed by atoms with Crippen molar-refractivity contribution in [2.45, 2.75) is 65.3 Å². The van der Waals surface area contributed by atoms with Gasteiger partial charge in [0.2, 0.25) is 29.8 Å². The van der Waals surface area contributed by atoms with Crippen molar-refractivity contribution in [1.82, 2.24) is 62.8 Å². The van der Waals surface area contributed by atoms with Crippen molar-refractivity contribution in [3.8, 4) is 0 Å². The summed E-state index contributed by atoms with van der Waals surface area (Å²) in [6, 6.07) is -1.02. The maximum Gasteiger partial charge on any atom is 0.402 e. The van der Waals surface area contributed by atoms with E-state index < -0.39 is 146 Å². The number of amides is 10. The number of aromatic carboxylic acids is 1. The number of rotatable bonds is 3. The predicted octanol–water partition coefficient (Wildman–Crippen LogP) is -0.646. The van der Waals surface area contributed by atoms with Crippen molar-refractivity contribution in [2.24, 2.45) is 0 Å². The van der Waals surface area contributed by atoms with Crippen molar-refractivity contribution in [2.75, 3.05) is 5.32 Å². The highest BCUT2D eigenvalue weighted by molar-refractivity contribution is 7.16. The highest BCUT2D eigenvalue weighted by Gasteiger charge is 2.37. The van der Waals surface area contributed by atoms with Gasteiger partial charge in [-0.15, -0.1) is 4.40 Å². The third-order valence-corrected chi connectivity index (χ3v) is 12.4. The number of fused-ring (bicyclic) bond motifs is 7. The lowest BCUT2D eigenvalue weighted by Gasteiger charge is -2.29. The molecule has 0 saturated carbocycles. The second-order valence-electron chi connectivity index (χ2n) is 18.1. The number of aliphatic hydroxyl groups excluding tert-OH is 1. The summed E-state index contributed by atoms with van der Waals surface area (Å²) in [6.45, 7) is 28.8. The van der Waals surface area contributed by atoms with Gasteiger partial charge in [-0.25, -0.2) is 19.7 Å². The predicted molar refractivity (Wildman–Crippen MR) is 286 cm³/mol. The Morgan fingerprint density at radius 1 is 0.659 bits per heavy atom. The summed E-state index contributed by atoms with van der Waals surface area (Å²) in [6.07, 6.45) is 0.844. The molecule has 30 nitrogen and oxygen atoms in total. The van der Waals surface area contributed by atoms with E-state index in [9.17, 15) is 68.1 Å². The lowest BCUT2D eigenvalue weighted by atomic mass is 9.97. The van der Waals surface area contributed by atoms with Crippen LogP contribution in [0.25, 0.3) is 27.1 Å². The molecule has 82 heavy (non-hydrogen) atoms. The standard InChI is InChI=1S/C51H50N14O16S/c1-13-28-48-63-34(26(10)81-48)45(75)56-19(3)38(68)53-22(6)41(71)64-36(51(11,12)79)46(76)57-23(7)47-62-33(25(9)80-47)44(74)55-18(2)37(67)52-20(4)39(69)60-30-16-65-31(50(77)78)17-82-49(65)27-14-15-29(58-35(27)30)42(72)54-21(5)40(70)61-32(24(8)66)43(73)59-28/h13-17,24,32,36,66,79H,2-7H2,1,8-12H3,(H10-,52,53,54,55,56,57,59,60,61,64,67,68,69,70,71,72,73,74,75,76,77,78)/p+1. The van der Waals surface area contributed by atoms with E-state index in [1.807, 2.05) is 0 Å². The van der Waals surface area contributed by atoms with Crippen LogP contribution >= 0.6 is 11.3 Å². The Morgan fingerprint density at radius 3 is 1.67 bits per heavy atom. The van der Waals surface area contributed by atoms with E-state index in [-0.39, 0.29) is 50.2 Å². The summed E-state index contributed by atoms with van der Waals surface area (Å²) in [5.41, 5.74) is -7.83. The maximum absolute atomic E-state index is 13.7. The number of thiazole rings is 1. The zero-order chi connectivity index (χ0) is 61.0. The molecule has 6 rings (SSSR count). The van der Waals surface area contributed by atoms with Crippen LogP contribution in [0.5, 0.6) is 0 Å². The molecule has 0 saturated heterocycles. The minimum Gasteiger partial charge on any atom is -0.473 e. The number of allylic oxidation sites excluding steroid dienone is 1. The molecule has 3 atom stereocenters. The Balaban J connectivity index is 1.32. The summed E-state index contributed by atoms with van der Waals surface area (Å²) < 4.78 is 12.3. The van der Waals surface area contributed by atoms with E-state index in [1.54, 1.807) is 0 Å². The number of nitrogens with one attached hydrogen (secondary N) is 10. The number of carboxylic acids is 1. The number of carbonyl (C=O) groups is 11. The first-order valence-corrected chi connectivity index (χ1v) is 24.5. The lowest BCUT2D eigenvalue weighted by molar-refractivity contribution is -0.509. The van der Waals surface area contributed by atoms with Gasteiger partial charge in [-0.1, -0.05) is 56.9 Å². The van der Waals surface area contributed by atoms with E-state index in [0.29, 0.717) is 0 Å². The molecule has 0 aromatic carbocycles. The Hall–Kier alpha value is -10.8. The fourth-order valence-electron chi connectivity index (χ4n) is 7.16. The van der Waals surface area contributed by atoms with Crippen LogP contribution in [0.4, 0.5) is 5.69 Å². The first-order valence-electron chi connectivity index (χ1n) is 23.6. The highest BCUT2D eigenvalue weighted by atomic mass is 32.1. The van der Waals surface area contributed by atoms with Crippen LogP contribution in [0.3, 0.4) is 0 Å². The van der Waals surface area contributed by atoms with Crippen LogP contribution < -0.4 is 57.6 Å². The van der Waals surface area contributed by atoms with Gasteiger partial charge in [0.1, 0.15) is 40.5 Å². The zero-order valence-electron chi connectivity index (χ0n) is 44.2. The van der Waals surface area contributed by atoms with Crippen LogP contribution in [0.2, 0.25) is 0 Å². The van der Waals surface area contributed by atoms with Gasteiger partial charge in [0.25, 0.3) is 52.1 Å². The van der Waals surface area contributed by atoms with Crippen molar-refractivity contribution in [1.29, 1.82) is 0 Å². The minimum absolute atomic E-state index is 0.118. The number of carboxylic acid groups (broad SMARTS) is 1. The van der Waals surface area contributed by atoms with Gasteiger partial charge in [0.05, 0.1) is 62.4 Å². The summed E-state index contributed by atoms with van der Waals surface area (Å²) in [7, 11) is 0. The maximum atomic E-state index is 13.7. The Bertz CT molecular complexity index is 3760. The van der Waals surface area contributed by atoms with Crippen molar-refractivity contribution >= 4 is 109 Å². The molecule has 6 heterocycles. The van der Waals surface area contributed by atoms with E-state index in [2.05, 4.69) is 108 Å². The fourth-order valence-corrected chi connectivity index (χ4v) is 8.16. The Labute approximate surface area is 466 Å². The van der Waals surface area contributed by atoms with Crippen molar-refractivity contribution in [3.05, 3.63) is 144 Å². The first-order chi connectivity index (χ1) is 38.3. The molecule has 0 aliphatic carbocycles. The SMILES string of the molecule is C=C1NC(=O)c2nc(oc2C)C(=C)NC(=O)C(C(C)(C)O)NC(=O)C(=C)NC(=O)C(=C)NC(=O)c2nc(oc2C)C(=CC)NC(=O)C(C(C)O)NC(=O)C(=C)NC(=O)c2ccc3c(n2)c(c[n+]2c(C(=O)O)csc32)NC(=O)C(=C)NC1=O. The molecule has 6 bridgehead atoms. The minimum atomic E-state index is -2.04. The van der Waals surface area contributed by atoms with Crippen LogP contribution in [0, 0.1) is 13.8 Å². The monoisotopic (exact) mass is 1150 g/mol. The number of pyridine rings is 2. The molecule has 0 fully saturated rings. The van der Waals surface area contributed by atoms with Gasteiger partial charge in [-0.3, -0.25) is 47.9 Å². The molecule has 5 aromatic heterocycles. The quantitative estimate of drug-likeness (QED) is 0.0789. The molecule has 0 radical (unpaired) electrons. The molecule has 1 aliphatic rings. The summed E-state index contributed by atoms with van der Waals surface area (Å²) >= 11 is 0.972. The Morgan fingerprint density at radius 2 is 1.15 bits per heavy atom. The normalized spacial score (nSPS) is 18.7. The molecule has 3 unspecified atom stereocenters. The number of aliphatic hydroxyl groups is 2. The zero-order valence-corrected chi connectivity index (χ0v) is 45.0. The number of aromatic nitrogens is 4. The molecular weight excluding hydrogens is 1100 g/mol. The van der Waals surface area contributed by atoms with Gasteiger partial charge in [0.15, 0.2) is 11.4 Å². The number of carbonyl (C=O) groups excluding carboxylic acids is 10. The second-order valence-corrected chi connectivity index (χ2v) is 19.0. The number of aryl methyl sites for hydroxylation is 2. The number of oxazole rings is 2. The van der Waals surface area contributed by atoms with E-state index in [0.717, 1.165) is 32.1 Å². The largest absolute Gasteiger partial charge is 0.473 e. The number of anilines is 1. The van der Waals surface area contributed by atoms with Gasteiger partial charge < -0.3 is 77.3 Å². The molecule has 31 heteroatoms. The number of nitrogens with zero attached hydrogens (tertiary/aromatic N) is 4. The third kappa shape index (κ3) is 13.4. The molecule has 13 N–H and O–H groups in total. The summed E-state index contributed by atoms with van der Waals surface area (Å²) in [5, 5.41) is 55.4. The second kappa shape index (κ2) is 24.1. The van der Waals surface area contributed by atoms with Crippen LogP contribution in [0.1, 0.15) is 93.0 Å². The van der Waals surface area contributed by atoms with E-state index in [4.69, 9.17) is 8.83 Å². The molecule has 10 amide bonds. The highest BCUT2D eigenvalue weighted by Crippen LogP contribution is 2.28. The summed E-state index contributed by atoms with van der Waals surface area (Å²) in [4.78, 5) is 159. The Kier molecular flexibility index (Phi) is 17.7. The van der Waals surface area contributed by atoms with Gasteiger partial charge in [-0.05, 0) is 53.7 Å². The van der Waals surface area contributed by atoms with Gasteiger partial charge in [0, 0.05) is 0 Å². The van der Waals surface area contributed by atoms with Crippen molar-refractivity contribution in [3.63, 3.8) is 0 Å². The van der Waals surface area contributed by atoms with Crippen molar-refractivity contribution < 1.29 is 81.3 Å². The summed E-state index contributed by atoms with van der Waals surface area (Å²) in [5.74, 6) is -13.8. The average Bonchev–Trinajstić information content (AvgIpc) is 3.43. The van der Waals surface area contributed by atoms with E-state index in [1.165, 1.54) is 55.0 Å². The van der Waals surface area contributed by atoms with E-state index >= 15 is 0 Å². The third-order valence-electron chi connectivity index (χ3n) is 11.4. The number of hydrogen-bond donors (Lipinski definition) is 13. The smallest absolute Gasteiger partial charge is 0.402 e. The molecule has 0 spiro atoms. The first kappa shape index (κ1) is 60.4. The van der Waals surface area contributed by atoms with Gasteiger partial charge in [-0.2, -0.15) is 0 Å². The lowest BCUT2D eigenvalue weighted by Crippen LogP contribution is -2.58. The molecular formula is C51H51N14O16S+.